The van der Waals surface area contributed by atoms with Gasteiger partial charge in [0.15, 0.2) is 5.57 Å². The molecule has 1 aromatic heterocycles. The predicted molar refractivity (Wildman–Crippen MR) is 124 cm³/mol. The third kappa shape index (κ3) is 6.05. The van der Waals surface area contributed by atoms with Gasteiger partial charge in [-0.2, -0.15) is 10.5 Å². The van der Waals surface area contributed by atoms with Gasteiger partial charge < -0.3 is 16.0 Å². The molecule has 0 radical (unpaired) electrons. The maximum atomic E-state index is 14.1. The van der Waals surface area contributed by atoms with Crippen molar-refractivity contribution in [2.24, 2.45) is 5.41 Å². The van der Waals surface area contributed by atoms with E-state index < -0.39 is 22.7 Å². The van der Waals surface area contributed by atoms with Gasteiger partial charge in [-0.05, 0) is 25.1 Å². The van der Waals surface area contributed by atoms with Crippen LogP contribution in [0.5, 0.6) is 0 Å². The minimum atomic E-state index is -0.750. The molecule has 11 heteroatoms. The molecule has 0 aliphatic carbocycles. The van der Waals surface area contributed by atoms with E-state index in [4.69, 9.17) is 5.26 Å². The second-order valence-electron chi connectivity index (χ2n) is 7.84. The number of rotatable bonds is 6. The first-order valence-corrected chi connectivity index (χ1v) is 10.7. The average Bonchev–Trinajstić information content (AvgIpc) is 3.07. The van der Waals surface area contributed by atoms with E-state index in [1.54, 1.807) is 39.8 Å². The summed E-state index contributed by atoms with van der Waals surface area (Å²) in [7, 11) is 0. The fourth-order valence-corrected chi connectivity index (χ4v) is 3.65. The topological polar surface area (TPSA) is 140 Å². The number of nitrogens with zero attached hydrogens (tertiary/aromatic N) is 3. The standard InChI is InChI=1S/C22H23FN6O3S/c1-5-29-19(31)17(33-20(29)14(11-25)18(30)26-9-8-24)12-27-13-6-7-15(23)16(10-13)28-21(32)22(2,3)4/h6-7,10,12,27H,5,9H2,1-4H3,(H,26,30)(H,28,32)/b17-12+,20-14-. The zero-order chi connectivity index (χ0) is 24.8. The van der Waals surface area contributed by atoms with Crippen molar-refractivity contribution in [3.05, 3.63) is 43.6 Å². The highest BCUT2D eigenvalue weighted by Crippen LogP contribution is 2.23. The molecule has 0 saturated heterocycles. The number of halogens is 1. The van der Waals surface area contributed by atoms with Gasteiger partial charge >= 0.3 is 0 Å². The van der Waals surface area contributed by atoms with Crippen LogP contribution in [-0.2, 0) is 16.1 Å². The number of nitrogens with one attached hydrogen (secondary N) is 3. The van der Waals surface area contributed by atoms with Gasteiger partial charge in [0.1, 0.15) is 27.6 Å². The van der Waals surface area contributed by atoms with Gasteiger partial charge in [-0.25, -0.2) is 4.39 Å². The zero-order valence-electron chi connectivity index (χ0n) is 18.6. The van der Waals surface area contributed by atoms with E-state index in [9.17, 15) is 24.0 Å². The lowest BCUT2D eigenvalue weighted by atomic mass is 9.95. The number of benzene rings is 1. The Bertz CT molecular complexity index is 1340. The van der Waals surface area contributed by atoms with Crippen LogP contribution < -0.4 is 30.7 Å². The van der Waals surface area contributed by atoms with Crippen LogP contribution in [0, 0.1) is 33.9 Å². The molecular weight excluding hydrogens is 447 g/mol. The summed E-state index contributed by atoms with van der Waals surface area (Å²) >= 11 is 0.931. The van der Waals surface area contributed by atoms with Gasteiger partial charge in [-0.3, -0.25) is 19.0 Å². The van der Waals surface area contributed by atoms with E-state index in [0.29, 0.717) is 5.69 Å². The molecular formula is C22H23FN6O3S. The van der Waals surface area contributed by atoms with Gasteiger partial charge in [-0.1, -0.05) is 20.8 Å². The Kier molecular flexibility index (Phi) is 8.10. The predicted octanol–water partition coefficient (Wildman–Crippen LogP) is 1.22. The van der Waals surface area contributed by atoms with E-state index in [1.807, 2.05) is 0 Å². The second-order valence-corrected chi connectivity index (χ2v) is 8.87. The highest BCUT2D eigenvalue weighted by atomic mass is 32.1. The summed E-state index contributed by atoms with van der Waals surface area (Å²) in [5.74, 6) is -1.72. The summed E-state index contributed by atoms with van der Waals surface area (Å²) in [4.78, 5) is 37.1. The van der Waals surface area contributed by atoms with E-state index in [0.717, 1.165) is 11.3 Å². The lowest BCUT2D eigenvalue weighted by molar-refractivity contribution is -0.123. The van der Waals surface area contributed by atoms with Gasteiger partial charge in [0.05, 0.1) is 11.8 Å². The summed E-state index contributed by atoms with van der Waals surface area (Å²) < 4.78 is 15.8. The molecule has 0 aliphatic rings. The quantitative estimate of drug-likeness (QED) is 0.543. The van der Waals surface area contributed by atoms with Crippen molar-refractivity contribution in [2.45, 2.75) is 34.2 Å². The molecule has 0 aliphatic heterocycles. The van der Waals surface area contributed by atoms with Crippen LogP contribution in [0.15, 0.2) is 23.0 Å². The number of amides is 2. The van der Waals surface area contributed by atoms with Crippen LogP contribution in [0.4, 0.5) is 15.8 Å². The van der Waals surface area contributed by atoms with E-state index >= 15 is 0 Å². The summed E-state index contributed by atoms with van der Waals surface area (Å²) in [5, 5.41) is 25.8. The summed E-state index contributed by atoms with van der Waals surface area (Å²) in [6, 6.07) is 7.55. The number of carbonyl (C=O) groups excluding carboxylic acids is 2. The number of aromatic nitrogens is 1. The second kappa shape index (κ2) is 10.6. The van der Waals surface area contributed by atoms with E-state index in [1.165, 1.54) is 29.0 Å². The molecule has 2 rings (SSSR count). The number of hydrogen-bond acceptors (Lipinski definition) is 7. The summed E-state index contributed by atoms with van der Waals surface area (Å²) in [6.07, 6.45) is 1.38. The van der Waals surface area contributed by atoms with Crippen molar-refractivity contribution in [3.63, 3.8) is 0 Å². The Hall–Kier alpha value is -3.96. The normalized spacial score (nSPS) is 12.4. The summed E-state index contributed by atoms with van der Waals surface area (Å²) in [5.41, 5.74) is -1.01. The molecule has 33 heavy (non-hydrogen) atoms. The minimum Gasteiger partial charge on any atom is -0.360 e. The van der Waals surface area contributed by atoms with Gasteiger partial charge in [0, 0.05) is 23.8 Å². The van der Waals surface area contributed by atoms with Crippen LogP contribution in [-0.4, -0.2) is 22.9 Å². The first kappa shape index (κ1) is 25.3. The van der Waals surface area contributed by atoms with Crippen LogP contribution in [0.2, 0.25) is 0 Å². The highest BCUT2D eigenvalue weighted by Gasteiger charge is 2.22. The maximum absolute atomic E-state index is 14.1. The minimum absolute atomic E-state index is 0.0135. The van der Waals surface area contributed by atoms with Crippen molar-refractivity contribution in [3.8, 4) is 12.1 Å². The van der Waals surface area contributed by atoms with Gasteiger partial charge in [0.2, 0.25) is 5.91 Å². The van der Waals surface area contributed by atoms with Gasteiger partial charge in [0.25, 0.3) is 11.5 Å². The molecule has 0 spiro atoms. The molecule has 2 amide bonds. The largest absolute Gasteiger partial charge is 0.360 e. The number of nitriles is 2. The maximum Gasteiger partial charge on any atom is 0.270 e. The van der Waals surface area contributed by atoms with Crippen molar-refractivity contribution in [1.82, 2.24) is 9.88 Å². The zero-order valence-corrected chi connectivity index (χ0v) is 19.4. The fraction of sp³-hybridized carbons (Fsp3) is 0.318. The Morgan fingerprint density at radius 1 is 1.27 bits per heavy atom. The smallest absolute Gasteiger partial charge is 0.270 e. The number of anilines is 2. The number of hydrogen-bond donors (Lipinski definition) is 3. The molecule has 172 valence electrons. The van der Waals surface area contributed by atoms with Crippen LogP contribution in [0.25, 0.3) is 11.8 Å². The highest BCUT2D eigenvalue weighted by molar-refractivity contribution is 7.07. The Morgan fingerprint density at radius 3 is 2.55 bits per heavy atom. The van der Waals surface area contributed by atoms with Crippen LogP contribution in [0.3, 0.4) is 0 Å². The van der Waals surface area contributed by atoms with E-state index in [2.05, 4.69) is 16.0 Å². The van der Waals surface area contributed by atoms with Crippen molar-refractivity contribution < 1.29 is 14.0 Å². The molecule has 1 aromatic carbocycles. The fourth-order valence-electron chi connectivity index (χ4n) is 2.57. The number of carbonyl (C=O) groups is 2. The molecule has 2 aromatic rings. The Balaban J connectivity index is 2.47. The summed E-state index contributed by atoms with van der Waals surface area (Å²) in [6.45, 7) is 6.75. The van der Waals surface area contributed by atoms with Gasteiger partial charge in [-0.15, -0.1) is 11.3 Å². The lowest BCUT2D eigenvalue weighted by Crippen LogP contribution is -2.34. The third-order valence-corrected chi connectivity index (χ3v) is 5.50. The van der Waals surface area contributed by atoms with Crippen molar-refractivity contribution in [2.75, 3.05) is 17.2 Å². The Morgan fingerprint density at radius 2 is 1.97 bits per heavy atom. The van der Waals surface area contributed by atoms with E-state index in [-0.39, 0.29) is 39.5 Å². The molecule has 0 fully saturated rings. The lowest BCUT2D eigenvalue weighted by Gasteiger charge is -2.18. The molecule has 9 nitrogen and oxygen atoms in total. The molecule has 0 atom stereocenters. The SMILES string of the molecule is CCn1c(=O)/c(=C\Nc2ccc(F)c(NC(=O)C(C)(C)C)c2)s/c1=C(/C#N)C(=O)NCC#N. The molecule has 0 bridgehead atoms. The first-order chi connectivity index (χ1) is 15.5. The average molecular weight is 471 g/mol. The van der Waals surface area contributed by atoms with Crippen molar-refractivity contribution >= 4 is 46.3 Å². The molecule has 0 saturated carbocycles. The molecule has 3 N–H and O–H groups in total. The molecule has 0 unspecified atom stereocenters. The number of thiazole rings is 1. The first-order valence-electron chi connectivity index (χ1n) is 9.90. The molecule has 1 heterocycles. The van der Waals surface area contributed by atoms with Crippen LogP contribution >= 0.6 is 11.3 Å². The monoisotopic (exact) mass is 470 g/mol. The third-order valence-electron chi connectivity index (χ3n) is 4.37. The Labute approximate surface area is 193 Å². The van der Waals surface area contributed by atoms with Crippen LogP contribution in [0.1, 0.15) is 27.7 Å². The van der Waals surface area contributed by atoms with Crippen molar-refractivity contribution in [1.29, 1.82) is 10.5 Å².